The highest BCUT2D eigenvalue weighted by Crippen LogP contribution is 2.46. The van der Waals surface area contributed by atoms with Crippen LogP contribution in [0, 0.1) is 5.92 Å². The molecule has 0 radical (unpaired) electrons. The third kappa shape index (κ3) is 2.51. The SMILES string of the molecule is CC1=C(C)C(C)C(C)(c2ccccc2)C=C1SCF. The Hall–Kier alpha value is -1.02. The van der Waals surface area contributed by atoms with Crippen LogP contribution in [0.3, 0.4) is 0 Å². The summed E-state index contributed by atoms with van der Waals surface area (Å²) in [5.74, 6) is 0.430. The third-order valence-corrected chi connectivity index (χ3v) is 5.39. The van der Waals surface area contributed by atoms with Crippen LogP contribution in [0.2, 0.25) is 0 Å². The van der Waals surface area contributed by atoms with Gasteiger partial charge in [-0.15, -0.1) is 0 Å². The normalized spacial score (nSPS) is 27.4. The van der Waals surface area contributed by atoms with Crippen molar-refractivity contribution < 1.29 is 4.39 Å². The number of alkyl halides is 1. The Labute approximate surface area is 119 Å². The Kier molecular flexibility index (Phi) is 4.19. The van der Waals surface area contributed by atoms with E-state index in [1.165, 1.54) is 28.5 Å². The summed E-state index contributed by atoms with van der Waals surface area (Å²) in [6.45, 7) is 8.79. The summed E-state index contributed by atoms with van der Waals surface area (Å²) in [5, 5.41) is 0. The van der Waals surface area contributed by atoms with Crippen LogP contribution in [0.5, 0.6) is 0 Å². The smallest absolute Gasteiger partial charge is 0.139 e. The van der Waals surface area contributed by atoms with Gasteiger partial charge in [0.15, 0.2) is 0 Å². The highest BCUT2D eigenvalue weighted by Gasteiger charge is 2.36. The van der Waals surface area contributed by atoms with Gasteiger partial charge in [0, 0.05) is 10.3 Å². The number of thioether (sulfide) groups is 1. The lowest BCUT2D eigenvalue weighted by Gasteiger charge is -2.39. The van der Waals surface area contributed by atoms with Crippen molar-refractivity contribution in [3.8, 4) is 0 Å². The minimum Gasteiger partial charge on any atom is -0.239 e. The molecule has 19 heavy (non-hydrogen) atoms. The lowest BCUT2D eigenvalue weighted by Crippen LogP contribution is -2.32. The standard InChI is InChI=1S/C17H21FS/c1-12-13(2)16(19-11-18)10-17(4,14(12)3)15-8-6-5-7-9-15/h5-10,14H,11H2,1-4H3. The van der Waals surface area contributed by atoms with Crippen LogP contribution < -0.4 is 0 Å². The van der Waals surface area contributed by atoms with Crippen molar-refractivity contribution in [1.29, 1.82) is 0 Å². The van der Waals surface area contributed by atoms with Crippen molar-refractivity contribution in [3.63, 3.8) is 0 Å². The number of allylic oxidation sites excluding steroid dienone is 3. The maximum atomic E-state index is 12.7. The predicted molar refractivity (Wildman–Crippen MR) is 83.0 cm³/mol. The van der Waals surface area contributed by atoms with Gasteiger partial charge >= 0.3 is 0 Å². The number of hydrogen-bond donors (Lipinski definition) is 0. The van der Waals surface area contributed by atoms with E-state index >= 15 is 0 Å². The zero-order chi connectivity index (χ0) is 14.0. The highest BCUT2D eigenvalue weighted by molar-refractivity contribution is 8.03. The quantitative estimate of drug-likeness (QED) is 0.705. The molecule has 2 unspecified atom stereocenters. The van der Waals surface area contributed by atoms with Crippen molar-refractivity contribution in [3.05, 3.63) is 58.0 Å². The van der Waals surface area contributed by atoms with Crippen molar-refractivity contribution in [2.75, 3.05) is 6.01 Å². The first-order valence-electron chi connectivity index (χ1n) is 6.65. The fourth-order valence-electron chi connectivity index (χ4n) is 2.81. The monoisotopic (exact) mass is 276 g/mol. The first kappa shape index (κ1) is 14.4. The molecule has 1 aromatic carbocycles. The summed E-state index contributed by atoms with van der Waals surface area (Å²) in [6.07, 6.45) is 2.25. The van der Waals surface area contributed by atoms with E-state index in [4.69, 9.17) is 0 Å². The van der Waals surface area contributed by atoms with Gasteiger partial charge in [-0.05, 0) is 30.9 Å². The van der Waals surface area contributed by atoms with E-state index in [-0.39, 0.29) is 11.4 Å². The van der Waals surface area contributed by atoms with Crippen molar-refractivity contribution in [1.82, 2.24) is 0 Å². The molecule has 2 rings (SSSR count). The number of rotatable bonds is 3. The molecule has 0 N–H and O–H groups in total. The largest absolute Gasteiger partial charge is 0.239 e. The Morgan fingerprint density at radius 3 is 2.42 bits per heavy atom. The summed E-state index contributed by atoms with van der Waals surface area (Å²) >= 11 is 1.30. The van der Waals surface area contributed by atoms with Crippen molar-refractivity contribution >= 4 is 11.8 Å². The lowest BCUT2D eigenvalue weighted by molar-refractivity contribution is 0.431. The van der Waals surface area contributed by atoms with E-state index in [0.29, 0.717) is 5.92 Å². The van der Waals surface area contributed by atoms with Gasteiger partial charge < -0.3 is 0 Å². The van der Waals surface area contributed by atoms with Crippen molar-refractivity contribution in [2.45, 2.75) is 33.1 Å². The summed E-state index contributed by atoms with van der Waals surface area (Å²) in [4.78, 5) is 1.09. The van der Waals surface area contributed by atoms with E-state index in [0.717, 1.165) is 4.91 Å². The van der Waals surface area contributed by atoms with Crippen LogP contribution in [0.4, 0.5) is 4.39 Å². The molecular weight excluding hydrogens is 255 g/mol. The molecule has 0 aromatic heterocycles. The zero-order valence-electron chi connectivity index (χ0n) is 12.0. The van der Waals surface area contributed by atoms with Gasteiger partial charge in [0.1, 0.15) is 6.01 Å². The van der Waals surface area contributed by atoms with Crippen LogP contribution in [-0.4, -0.2) is 6.01 Å². The van der Waals surface area contributed by atoms with Gasteiger partial charge in [-0.2, -0.15) is 0 Å². The highest BCUT2D eigenvalue weighted by atomic mass is 32.2. The van der Waals surface area contributed by atoms with Crippen molar-refractivity contribution in [2.24, 2.45) is 5.92 Å². The summed E-state index contributed by atoms with van der Waals surface area (Å²) in [7, 11) is 0. The third-order valence-electron chi connectivity index (χ3n) is 4.55. The molecule has 0 aliphatic heterocycles. The summed E-state index contributed by atoms with van der Waals surface area (Å²) < 4.78 is 12.7. The predicted octanol–water partition coefficient (Wildman–Crippen LogP) is 5.47. The molecule has 2 heteroatoms. The molecule has 102 valence electrons. The number of hydrogen-bond acceptors (Lipinski definition) is 1. The number of benzene rings is 1. The molecule has 0 heterocycles. The Morgan fingerprint density at radius 1 is 1.21 bits per heavy atom. The van der Waals surface area contributed by atoms with Gasteiger partial charge in [-0.1, -0.05) is 67.6 Å². The van der Waals surface area contributed by atoms with Crippen LogP contribution in [0.25, 0.3) is 0 Å². The Balaban J connectivity index is 2.52. The van der Waals surface area contributed by atoms with Crippen LogP contribution in [-0.2, 0) is 5.41 Å². The molecule has 1 aromatic rings. The molecule has 1 aliphatic rings. The minimum atomic E-state index is -0.365. The maximum Gasteiger partial charge on any atom is 0.139 e. The molecule has 0 bridgehead atoms. The van der Waals surface area contributed by atoms with E-state index in [1.54, 1.807) is 0 Å². The van der Waals surface area contributed by atoms with Gasteiger partial charge in [0.25, 0.3) is 0 Å². The fourth-order valence-corrected chi connectivity index (χ4v) is 3.64. The van der Waals surface area contributed by atoms with Crippen LogP contribution >= 0.6 is 11.8 Å². The molecule has 0 saturated heterocycles. The zero-order valence-corrected chi connectivity index (χ0v) is 12.9. The van der Waals surface area contributed by atoms with Gasteiger partial charge in [0.05, 0.1) is 0 Å². The van der Waals surface area contributed by atoms with Gasteiger partial charge in [-0.3, -0.25) is 0 Å². The van der Waals surface area contributed by atoms with Crippen LogP contribution in [0.1, 0.15) is 33.3 Å². The molecule has 0 spiro atoms. The average Bonchev–Trinajstić information content (AvgIpc) is 2.44. The molecule has 0 saturated carbocycles. The fraction of sp³-hybridized carbons (Fsp3) is 0.412. The van der Waals surface area contributed by atoms with E-state index in [1.807, 2.05) is 6.07 Å². The Bertz CT molecular complexity index is 515. The average molecular weight is 276 g/mol. The van der Waals surface area contributed by atoms with Gasteiger partial charge in [-0.25, -0.2) is 4.39 Å². The Morgan fingerprint density at radius 2 is 1.84 bits per heavy atom. The number of halogens is 1. The lowest BCUT2D eigenvalue weighted by atomic mass is 9.66. The molecule has 1 aliphatic carbocycles. The first-order chi connectivity index (χ1) is 9.00. The first-order valence-corrected chi connectivity index (χ1v) is 7.64. The topological polar surface area (TPSA) is 0 Å². The second kappa shape index (κ2) is 5.54. The molecule has 0 nitrogen and oxygen atoms in total. The molecule has 0 amide bonds. The van der Waals surface area contributed by atoms with Gasteiger partial charge in [0.2, 0.25) is 0 Å². The summed E-state index contributed by atoms with van der Waals surface area (Å²) in [6, 6.07) is 10.1. The second-order valence-corrected chi connectivity index (χ2v) is 6.39. The summed E-state index contributed by atoms with van der Waals surface area (Å²) in [5.41, 5.74) is 3.85. The van der Waals surface area contributed by atoms with E-state index in [2.05, 4.69) is 58.0 Å². The minimum absolute atomic E-state index is 0.0532. The molecular formula is C17H21FS. The molecule has 2 atom stereocenters. The second-order valence-electron chi connectivity index (χ2n) is 5.44. The van der Waals surface area contributed by atoms with E-state index in [9.17, 15) is 4.39 Å². The van der Waals surface area contributed by atoms with E-state index < -0.39 is 0 Å². The van der Waals surface area contributed by atoms with Crippen LogP contribution in [0.15, 0.2) is 52.5 Å². The maximum absolute atomic E-state index is 12.7. The molecule has 0 fully saturated rings.